The van der Waals surface area contributed by atoms with Crippen molar-refractivity contribution in [1.82, 2.24) is 9.80 Å². The largest absolute Gasteiger partial charge is 0.467 e. The summed E-state index contributed by atoms with van der Waals surface area (Å²) in [6.45, 7) is 7.41. The molecule has 1 aromatic carbocycles. The maximum Gasteiger partial charge on any atom is 0.242 e. The second-order valence-electron chi connectivity index (χ2n) is 8.57. The first-order chi connectivity index (χ1) is 15.5. The van der Waals surface area contributed by atoms with Gasteiger partial charge in [0.2, 0.25) is 11.8 Å². The maximum absolute atomic E-state index is 13.3. The number of nitrogens with zero attached hydrogens (tertiary/aromatic N) is 2. The van der Waals surface area contributed by atoms with Gasteiger partial charge in [-0.3, -0.25) is 9.59 Å². The van der Waals surface area contributed by atoms with Crippen molar-refractivity contribution in [3.8, 4) is 0 Å². The number of carbonyl (C=O) groups is 2. The van der Waals surface area contributed by atoms with Gasteiger partial charge in [-0.05, 0) is 43.9 Å². The smallest absolute Gasteiger partial charge is 0.242 e. The Labute approximate surface area is 193 Å². The Balaban J connectivity index is 2.02. The van der Waals surface area contributed by atoms with Crippen LogP contribution in [0, 0.1) is 0 Å². The van der Waals surface area contributed by atoms with Crippen molar-refractivity contribution in [2.24, 2.45) is 0 Å². The number of unbranched alkanes of at least 4 members (excludes halogenated alkanes) is 4. The second kappa shape index (κ2) is 14.5. The molecule has 32 heavy (non-hydrogen) atoms. The molecule has 1 atom stereocenters. The molecule has 0 aliphatic rings. The summed E-state index contributed by atoms with van der Waals surface area (Å²) in [5.41, 5.74) is 1.19. The number of hydrogen-bond donors (Lipinski definition) is 0. The molecule has 176 valence electrons. The van der Waals surface area contributed by atoms with Gasteiger partial charge < -0.3 is 14.2 Å². The zero-order valence-corrected chi connectivity index (χ0v) is 20.1. The molecule has 0 N–H and O–H groups in total. The summed E-state index contributed by atoms with van der Waals surface area (Å²) < 4.78 is 5.50. The molecule has 0 aliphatic carbocycles. The molecule has 1 heterocycles. The molecule has 0 saturated carbocycles. The average Bonchev–Trinajstić information content (AvgIpc) is 3.33. The summed E-state index contributed by atoms with van der Waals surface area (Å²) in [6.07, 6.45) is 9.28. The number of rotatable bonds is 15. The molecule has 0 saturated heterocycles. The zero-order chi connectivity index (χ0) is 23.2. The van der Waals surface area contributed by atoms with Gasteiger partial charge in [-0.1, -0.05) is 69.9 Å². The molecule has 0 bridgehead atoms. The molecule has 0 aliphatic heterocycles. The highest BCUT2D eigenvalue weighted by molar-refractivity contribution is 5.85. The first kappa shape index (κ1) is 25.7. The van der Waals surface area contributed by atoms with Gasteiger partial charge in [0.05, 0.1) is 12.8 Å². The van der Waals surface area contributed by atoms with Gasteiger partial charge in [0.15, 0.2) is 0 Å². The lowest BCUT2D eigenvalue weighted by molar-refractivity contribution is -0.142. The maximum atomic E-state index is 13.3. The number of hydrogen-bond acceptors (Lipinski definition) is 3. The molecule has 5 nitrogen and oxygen atoms in total. The normalized spacial score (nSPS) is 11.8. The number of benzene rings is 1. The van der Waals surface area contributed by atoms with Crippen molar-refractivity contribution < 1.29 is 14.0 Å². The van der Waals surface area contributed by atoms with Gasteiger partial charge >= 0.3 is 0 Å². The van der Waals surface area contributed by atoms with Crippen LogP contribution >= 0.6 is 0 Å². The van der Waals surface area contributed by atoms with E-state index in [2.05, 4.69) is 26.0 Å². The Morgan fingerprint density at radius 1 is 0.938 bits per heavy atom. The van der Waals surface area contributed by atoms with Crippen molar-refractivity contribution in [3.05, 3.63) is 60.1 Å². The van der Waals surface area contributed by atoms with E-state index in [0.29, 0.717) is 19.5 Å². The Morgan fingerprint density at radius 3 is 2.34 bits per heavy atom. The summed E-state index contributed by atoms with van der Waals surface area (Å²) in [6, 6.07) is 13.9. The van der Waals surface area contributed by atoms with E-state index in [-0.39, 0.29) is 24.4 Å². The van der Waals surface area contributed by atoms with Crippen LogP contribution in [0.2, 0.25) is 0 Å². The van der Waals surface area contributed by atoms with Gasteiger partial charge in [-0.15, -0.1) is 0 Å². The monoisotopic (exact) mass is 440 g/mol. The molecule has 2 rings (SSSR count). The summed E-state index contributed by atoms with van der Waals surface area (Å²) in [5.74, 6) is 0.811. The Hall–Kier alpha value is -2.56. The predicted molar refractivity (Wildman–Crippen MR) is 129 cm³/mol. The van der Waals surface area contributed by atoms with Crippen molar-refractivity contribution >= 4 is 11.8 Å². The van der Waals surface area contributed by atoms with Crippen LogP contribution in [0.15, 0.2) is 53.1 Å². The van der Waals surface area contributed by atoms with Crippen LogP contribution in [0.5, 0.6) is 0 Å². The zero-order valence-electron chi connectivity index (χ0n) is 20.1. The highest BCUT2D eigenvalue weighted by Gasteiger charge is 2.25. The molecule has 1 aromatic heterocycles. The molecule has 2 amide bonds. The summed E-state index contributed by atoms with van der Waals surface area (Å²) in [4.78, 5) is 29.9. The van der Waals surface area contributed by atoms with Gasteiger partial charge in [-0.25, -0.2) is 0 Å². The van der Waals surface area contributed by atoms with E-state index in [1.165, 1.54) is 24.8 Å². The average molecular weight is 441 g/mol. The van der Waals surface area contributed by atoms with Crippen LogP contribution in [0.25, 0.3) is 0 Å². The van der Waals surface area contributed by atoms with Crippen molar-refractivity contribution in [2.45, 2.75) is 84.7 Å². The van der Waals surface area contributed by atoms with Crippen molar-refractivity contribution in [1.29, 1.82) is 0 Å². The van der Waals surface area contributed by atoms with E-state index in [9.17, 15) is 9.59 Å². The first-order valence-electron chi connectivity index (χ1n) is 12.2. The second-order valence-corrected chi connectivity index (χ2v) is 8.57. The van der Waals surface area contributed by atoms with Gasteiger partial charge in [0.1, 0.15) is 12.3 Å². The standard InChI is InChI=1S/C27H40N2O3/c1-4-6-7-8-12-17-26(30)29(23(3)5-2)22-27(31)28(21-25-16-13-20-32-25)19-18-24-14-10-9-11-15-24/h9-11,13-16,20,23H,4-8,12,17-19,21-22H2,1-3H3/t23-/m1/s1. The van der Waals surface area contributed by atoms with E-state index < -0.39 is 0 Å². The third kappa shape index (κ3) is 8.89. The summed E-state index contributed by atoms with van der Waals surface area (Å²) in [7, 11) is 0. The lowest BCUT2D eigenvalue weighted by atomic mass is 10.1. The summed E-state index contributed by atoms with van der Waals surface area (Å²) >= 11 is 0. The van der Waals surface area contributed by atoms with Crippen molar-refractivity contribution in [3.63, 3.8) is 0 Å². The molecule has 0 radical (unpaired) electrons. The lowest BCUT2D eigenvalue weighted by Gasteiger charge is -2.31. The van der Waals surface area contributed by atoms with Crippen LogP contribution in [-0.2, 0) is 22.6 Å². The molecule has 5 heteroatoms. The minimum atomic E-state index is -0.0306. The minimum absolute atomic E-state index is 0.0306. The van der Waals surface area contributed by atoms with Gasteiger partial charge in [0, 0.05) is 19.0 Å². The Morgan fingerprint density at radius 2 is 1.69 bits per heavy atom. The third-order valence-electron chi connectivity index (χ3n) is 6.04. The lowest BCUT2D eigenvalue weighted by Crippen LogP contribution is -2.46. The summed E-state index contributed by atoms with van der Waals surface area (Å²) in [5, 5.41) is 0. The quantitative estimate of drug-likeness (QED) is 0.327. The Bertz CT molecular complexity index is 773. The van der Waals surface area contributed by atoms with Crippen LogP contribution < -0.4 is 0 Å². The Kier molecular flexibility index (Phi) is 11.6. The fourth-order valence-corrected chi connectivity index (χ4v) is 3.77. The van der Waals surface area contributed by atoms with Crippen LogP contribution in [0.1, 0.15) is 77.0 Å². The highest BCUT2D eigenvalue weighted by Crippen LogP contribution is 2.14. The molecular weight excluding hydrogens is 400 g/mol. The SMILES string of the molecule is CCCCCCCC(=O)N(CC(=O)N(CCc1ccccc1)Cc1ccco1)[C@H](C)CC. The molecular formula is C27H40N2O3. The van der Waals surface area contributed by atoms with Crippen LogP contribution in [0.4, 0.5) is 0 Å². The van der Waals surface area contributed by atoms with Gasteiger partial charge in [0.25, 0.3) is 0 Å². The number of amides is 2. The van der Waals surface area contributed by atoms with Crippen molar-refractivity contribution in [2.75, 3.05) is 13.1 Å². The van der Waals surface area contributed by atoms with Crippen LogP contribution in [0.3, 0.4) is 0 Å². The fourth-order valence-electron chi connectivity index (χ4n) is 3.77. The third-order valence-corrected chi connectivity index (χ3v) is 6.04. The molecule has 0 unspecified atom stereocenters. The number of furan rings is 1. The first-order valence-corrected chi connectivity index (χ1v) is 12.2. The topological polar surface area (TPSA) is 53.8 Å². The number of carbonyl (C=O) groups excluding carboxylic acids is 2. The molecule has 0 spiro atoms. The van der Waals surface area contributed by atoms with Gasteiger partial charge in [-0.2, -0.15) is 0 Å². The van der Waals surface area contributed by atoms with E-state index in [1.807, 2.05) is 42.2 Å². The fraction of sp³-hybridized carbons (Fsp3) is 0.556. The minimum Gasteiger partial charge on any atom is -0.467 e. The highest BCUT2D eigenvalue weighted by atomic mass is 16.3. The van der Waals surface area contributed by atoms with E-state index in [1.54, 1.807) is 11.2 Å². The molecule has 0 fully saturated rings. The van der Waals surface area contributed by atoms with Crippen LogP contribution in [-0.4, -0.2) is 40.7 Å². The molecule has 2 aromatic rings. The van der Waals surface area contributed by atoms with E-state index >= 15 is 0 Å². The van der Waals surface area contributed by atoms with E-state index in [4.69, 9.17) is 4.42 Å². The predicted octanol–water partition coefficient (Wildman–Crippen LogP) is 5.84. The van der Waals surface area contributed by atoms with E-state index in [0.717, 1.165) is 31.4 Å².